The Morgan fingerprint density at radius 3 is 1.18 bits per heavy atom. The van der Waals surface area contributed by atoms with Crippen molar-refractivity contribution in [2.24, 2.45) is 71.0 Å². The topological polar surface area (TPSA) is 295 Å². The monoisotopic (exact) mass is 834 g/mol. The van der Waals surface area contributed by atoms with E-state index >= 15 is 0 Å². The van der Waals surface area contributed by atoms with Crippen molar-refractivity contribution in [3.63, 3.8) is 0 Å². The minimum Gasteiger partial charge on any atom is -0.302 e. The average Bonchev–Trinajstić information content (AvgIpc) is 2.90. The first-order valence-corrected chi connectivity index (χ1v) is 26.5. The van der Waals surface area contributed by atoms with Crippen molar-refractivity contribution >= 4 is 51.0 Å². The highest BCUT2D eigenvalue weighted by Gasteiger charge is 2.62. The van der Waals surface area contributed by atoms with Crippen LogP contribution in [0.15, 0.2) is 0 Å². The molecular formula is C26H46O18P4S2. The molecule has 8 aliphatic carbocycles. The summed E-state index contributed by atoms with van der Waals surface area (Å²) in [5.41, 5.74) is 0. The third kappa shape index (κ3) is 9.61. The Bertz CT molecular complexity index is 1590. The molecule has 0 heterocycles. The summed E-state index contributed by atoms with van der Waals surface area (Å²) < 4.78 is 115. The molecule has 0 aromatic carbocycles. The minimum absolute atomic E-state index is 0.116. The zero-order valence-electron chi connectivity index (χ0n) is 27.0. The van der Waals surface area contributed by atoms with Crippen LogP contribution < -0.4 is 0 Å². The third-order valence-electron chi connectivity index (χ3n) is 12.4. The molecule has 0 aromatic rings. The Balaban J connectivity index is 1.14. The fourth-order valence-electron chi connectivity index (χ4n) is 11.5. The number of rotatable bonds is 17. The molecule has 50 heavy (non-hydrogen) atoms. The first-order valence-electron chi connectivity index (χ1n) is 16.8. The molecule has 8 fully saturated rings. The maximum atomic E-state index is 13.3. The maximum absolute atomic E-state index is 13.3. The summed E-state index contributed by atoms with van der Waals surface area (Å²) in [4.78, 5) is 54.3. The zero-order chi connectivity index (χ0) is 36.7. The van der Waals surface area contributed by atoms with Gasteiger partial charge in [-0.25, -0.2) is 35.1 Å². The van der Waals surface area contributed by atoms with Gasteiger partial charge in [-0.1, -0.05) is 0 Å². The molecule has 8 bridgehead atoms. The summed E-state index contributed by atoms with van der Waals surface area (Å²) >= 11 is 0. The quantitative estimate of drug-likeness (QED) is 0.115. The zero-order valence-corrected chi connectivity index (χ0v) is 32.2. The van der Waals surface area contributed by atoms with Gasteiger partial charge < -0.3 is 29.4 Å². The second-order valence-corrected chi connectivity index (χ2v) is 25.6. The van der Waals surface area contributed by atoms with Crippen molar-refractivity contribution in [2.75, 3.05) is 36.2 Å². The van der Waals surface area contributed by atoms with Gasteiger partial charge in [0.25, 0.3) is 0 Å². The molecule has 24 heteroatoms. The summed E-state index contributed by atoms with van der Waals surface area (Å²) in [6, 6.07) is 0. The molecule has 18 nitrogen and oxygen atoms in total. The van der Waals surface area contributed by atoms with Crippen molar-refractivity contribution < 1.29 is 82.1 Å². The van der Waals surface area contributed by atoms with Crippen LogP contribution in [0.5, 0.6) is 0 Å². The molecule has 290 valence electrons. The van der Waals surface area contributed by atoms with Gasteiger partial charge in [0.15, 0.2) is 19.7 Å². The lowest BCUT2D eigenvalue weighted by atomic mass is 9.39. The summed E-state index contributed by atoms with van der Waals surface area (Å²) in [5, 5.41) is 0. The highest BCUT2D eigenvalue weighted by atomic mass is 32.2. The molecule has 8 aliphatic rings. The van der Waals surface area contributed by atoms with E-state index in [9.17, 15) is 44.9 Å². The van der Waals surface area contributed by atoms with Crippen LogP contribution in [0.3, 0.4) is 0 Å². The first-order chi connectivity index (χ1) is 22.9. The van der Waals surface area contributed by atoms with Gasteiger partial charge in [-0.2, -0.15) is 8.62 Å². The normalized spacial score (nSPS) is 40.5. The second kappa shape index (κ2) is 14.2. The Hall–Kier alpha value is 0.420. The summed E-state index contributed by atoms with van der Waals surface area (Å²) in [7, 11) is -28.7. The molecule has 0 radical (unpaired) electrons. The van der Waals surface area contributed by atoms with Gasteiger partial charge >= 0.3 is 31.3 Å². The van der Waals surface area contributed by atoms with Crippen LogP contribution in [0, 0.1) is 71.0 Å². The lowest BCUT2D eigenvalue weighted by molar-refractivity contribution is -0.171. The van der Waals surface area contributed by atoms with Crippen molar-refractivity contribution in [1.29, 1.82) is 0 Å². The molecule has 0 spiro atoms. The predicted octanol–water partition coefficient (Wildman–Crippen LogP) is 2.87. The number of hydrogen-bond donors (Lipinski definition) is 6. The van der Waals surface area contributed by atoms with Crippen LogP contribution in [0.2, 0.25) is 0 Å². The number of phosphoric ester groups is 2. The van der Waals surface area contributed by atoms with Crippen LogP contribution in [0.25, 0.3) is 0 Å². The maximum Gasteiger partial charge on any atom is 0.481 e. The van der Waals surface area contributed by atoms with E-state index in [-0.39, 0.29) is 58.8 Å². The van der Waals surface area contributed by atoms with Crippen molar-refractivity contribution in [3.05, 3.63) is 0 Å². The van der Waals surface area contributed by atoms with E-state index in [0.717, 1.165) is 51.4 Å². The molecule has 6 N–H and O–H groups in total. The van der Waals surface area contributed by atoms with E-state index in [1.54, 1.807) is 0 Å². The van der Waals surface area contributed by atoms with Gasteiger partial charge in [-0.15, -0.1) is 0 Å². The highest BCUT2D eigenvalue weighted by Crippen LogP contribution is 2.69. The van der Waals surface area contributed by atoms with E-state index in [2.05, 4.69) is 17.7 Å². The molecule has 14 atom stereocenters. The number of hydrogen-bond acceptors (Lipinski definition) is 12. The Morgan fingerprint density at radius 1 is 0.500 bits per heavy atom. The van der Waals surface area contributed by atoms with Gasteiger partial charge in [0, 0.05) is 0 Å². The van der Waals surface area contributed by atoms with Gasteiger partial charge in [0.1, 0.15) is 0 Å². The fraction of sp³-hybridized carbons (Fsp3) is 1.00. The van der Waals surface area contributed by atoms with Crippen LogP contribution >= 0.6 is 31.3 Å². The summed E-state index contributed by atoms with van der Waals surface area (Å²) in [6.07, 6.45) is 7.55. The first kappa shape index (κ1) is 40.1. The van der Waals surface area contributed by atoms with Gasteiger partial charge in [0.05, 0.1) is 36.2 Å². The van der Waals surface area contributed by atoms with Gasteiger partial charge in [-0.3, -0.25) is 9.05 Å². The molecule has 0 saturated heterocycles. The van der Waals surface area contributed by atoms with Crippen LogP contribution in [0.1, 0.15) is 51.4 Å². The van der Waals surface area contributed by atoms with Crippen LogP contribution in [0.4, 0.5) is 0 Å². The lowest BCUT2D eigenvalue weighted by Gasteiger charge is -2.67. The Morgan fingerprint density at radius 2 is 0.840 bits per heavy atom. The standard InChI is InChI=1S/C26H46O18P4S2/c27-45(28,29)43-47(33,34)41-1-3-49(37,38)13-23-17-5-15-7-19(11-17)25(21(23)9-15)26-20-8-16-6-18(12-20)24(22(26)10-16)14-50(39,40)4-2-42-48(35,36)44-46(30,31)32/h15-26H,1-14H2,(H,33,34)(H,35,36)(H2,27,28,29)(H2,30,31,32). The highest BCUT2D eigenvalue weighted by molar-refractivity contribution is 7.91. The average molecular weight is 835 g/mol. The number of sulfone groups is 2. The Labute approximate surface area is 290 Å². The number of phosphoric acid groups is 4. The van der Waals surface area contributed by atoms with E-state index < -0.39 is 75.7 Å². The van der Waals surface area contributed by atoms with Gasteiger partial charge in [-0.05, 0) is 122 Å². The van der Waals surface area contributed by atoms with Gasteiger partial charge in [0.2, 0.25) is 0 Å². The van der Waals surface area contributed by atoms with Crippen LogP contribution in [-0.4, -0.2) is 82.4 Å². The second-order valence-electron chi connectivity index (χ2n) is 15.4. The molecule has 0 aromatic heterocycles. The molecule has 8 saturated carbocycles. The third-order valence-corrected chi connectivity index (χ3v) is 20.1. The smallest absolute Gasteiger partial charge is 0.302 e. The number of fused-ring (bicyclic) bond motifs is 1. The molecule has 8 rings (SSSR count). The lowest BCUT2D eigenvalue weighted by Crippen LogP contribution is -2.61. The van der Waals surface area contributed by atoms with Crippen molar-refractivity contribution in [3.8, 4) is 0 Å². The largest absolute Gasteiger partial charge is 0.481 e. The molecular weight excluding hydrogens is 788 g/mol. The SMILES string of the molecule is O=P(O)(O)OP(=O)(O)OCCS(=O)(=O)CC1C2CC3CC(C2)C(C2C4CC5CC(C4)C(CS(=O)(=O)CCOP(=O)(O)OP(=O)(O)O)C2C5)C1C3. The van der Waals surface area contributed by atoms with E-state index in [0.29, 0.717) is 23.7 Å². The molecule has 0 aliphatic heterocycles. The Kier molecular flexibility index (Phi) is 11.4. The predicted molar refractivity (Wildman–Crippen MR) is 174 cm³/mol. The van der Waals surface area contributed by atoms with Crippen molar-refractivity contribution in [2.45, 2.75) is 51.4 Å². The fourth-order valence-corrected chi connectivity index (χ4v) is 18.2. The van der Waals surface area contributed by atoms with E-state index in [1.807, 2.05) is 0 Å². The van der Waals surface area contributed by atoms with E-state index in [4.69, 9.17) is 19.6 Å². The van der Waals surface area contributed by atoms with E-state index in [1.165, 1.54) is 0 Å². The molecule has 14 unspecified atom stereocenters. The summed E-state index contributed by atoms with van der Waals surface area (Å²) in [5.74, 6) is 1.04. The van der Waals surface area contributed by atoms with Crippen molar-refractivity contribution in [1.82, 2.24) is 0 Å². The summed E-state index contributed by atoms with van der Waals surface area (Å²) in [6.45, 7) is -1.56. The molecule has 0 amide bonds. The minimum atomic E-state index is -5.35. The van der Waals surface area contributed by atoms with Crippen LogP contribution in [-0.2, 0) is 55.6 Å².